The molecule has 1 aliphatic rings. The van der Waals surface area contributed by atoms with Crippen LogP contribution in [0.2, 0.25) is 0 Å². The summed E-state index contributed by atoms with van der Waals surface area (Å²) in [6.07, 6.45) is 2.97. The molecule has 2 heterocycles. The molecule has 1 fully saturated rings. The summed E-state index contributed by atoms with van der Waals surface area (Å²) in [4.78, 5) is 18.9. The number of hydrazine groups is 1. The minimum atomic E-state index is -0.0287. The average molecular weight is 467 g/mol. The topological polar surface area (TPSA) is 75.7 Å². The summed E-state index contributed by atoms with van der Waals surface area (Å²) in [5, 5.41) is 1.94. The zero-order chi connectivity index (χ0) is 23.0. The SMILES string of the molecule is COc1cc(C(=O)N(C)CCCC2CC(c3ccccc3)NN2)ccc1OCc1cscn1. The van der Waals surface area contributed by atoms with Gasteiger partial charge >= 0.3 is 0 Å². The minimum absolute atomic E-state index is 0.0287. The summed E-state index contributed by atoms with van der Waals surface area (Å²) in [5.74, 6) is 1.11. The Balaban J connectivity index is 1.25. The molecule has 1 aliphatic heterocycles. The minimum Gasteiger partial charge on any atom is -0.493 e. The van der Waals surface area contributed by atoms with Crippen LogP contribution in [-0.2, 0) is 6.61 Å². The standard InChI is InChI=1S/C25H30N4O3S/c1-29(12-6-9-20-14-22(28-27-20)18-7-4-3-5-8-18)25(30)19-10-11-23(24(13-19)31-2)32-15-21-16-33-17-26-21/h3-5,7-8,10-11,13,16-17,20,22,27-28H,6,9,12,14-15H2,1-2H3. The summed E-state index contributed by atoms with van der Waals surface area (Å²) in [7, 11) is 3.42. The molecule has 1 amide bonds. The molecule has 4 rings (SSSR count). The number of hydrogen-bond donors (Lipinski definition) is 2. The number of carbonyl (C=O) groups excluding carboxylic acids is 1. The van der Waals surface area contributed by atoms with Crippen LogP contribution < -0.4 is 20.3 Å². The second kappa shape index (κ2) is 11.3. The highest BCUT2D eigenvalue weighted by atomic mass is 32.1. The van der Waals surface area contributed by atoms with E-state index >= 15 is 0 Å². The average Bonchev–Trinajstić information content (AvgIpc) is 3.55. The van der Waals surface area contributed by atoms with Crippen LogP contribution in [0.4, 0.5) is 0 Å². The zero-order valence-electron chi connectivity index (χ0n) is 19.0. The fourth-order valence-corrected chi connectivity index (χ4v) is 4.54. The predicted molar refractivity (Wildman–Crippen MR) is 129 cm³/mol. The highest BCUT2D eigenvalue weighted by Crippen LogP contribution is 2.29. The molecule has 0 spiro atoms. The number of thiazole rings is 1. The second-order valence-corrected chi connectivity index (χ2v) is 8.91. The van der Waals surface area contributed by atoms with E-state index in [0.717, 1.165) is 25.0 Å². The Hall–Kier alpha value is -2.94. The van der Waals surface area contributed by atoms with Gasteiger partial charge in [0, 0.05) is 36.6 Å². The van der Waals surface area contributed by atoms with Crippen LogP contribution in [0.3, 0.4) is 0 Å². The van der Waals surface area contributed by atoms with Crippen molar-refractivity contribution in [2.45, 2.75) is 38.0 Å². The van der Waals surface area contributed by atoms with Gasteiger partial charge in [-0.3, -0.25) is 15.6 Å². The molecule has 0 radical (unpaired) electrons. The van der Waals surface area contributed by atoms with Gasteiger partial charge in [-0.05, 0) is 43.0 Å². The Morgan fingerprint density at radius 1 is 1.18 bits per heavy atom. The third kappa shape index (κ3) is 6.10. The largest absolute Gasteiger partial charge is 0.493 e. The van der Waals surface area contributed by atoms with Crippen LogP contribution in [-0.4, -0.2) is 42.5 Å². The van der Waals surface area contributed by atoms with Crippen molar-refractivity contribution in [2.75, 3.05) is 20.7 Å². The molecule has 2 N–H and O–H groups in total. The lowest BCUT2D eigenvalue weighted by atomic mass is 10.00. The number of amides is 1. The first kappa shape index (κ1) is 23.2. The van der Waals surface area contributed by atoms with Crippen molar-refractivity contribution < 1.29 is 14.3 Å². The molecule has 33 heavy (non-hydrogen) atoms. The summed E-state index contributed by atoms with van der Waals surface area (Å²) in [6.45, 7) is 1.06. The number of rotatable bonds is 10. The van der Waals surface area contributed by atoms with Gasteiger partial charge in [0.1, 0.15) is 6.61 Å². The van der Waals surface area contributed by atoms with Crippen LogP contribution >= 0.6 is 11.3 Å². The van der Waals surface area contributed by atoms with E-state index in [1.165, 1.54) is 16.9 Å². The first-order valence-corrected chi connectivity index (χ1v) is 12.1. The summed E-state index contributed by atoms with van der Waals surface area (Å²) >= 11 is 1.53. The highest BCUT2D eigenvalue weighted by Gasteiger charge is 2.24. The Morgan fingerprint density at radius 3 is 2.79 bits per heavy atom. The van der Waals surface area contributed by atoms with Crippen molar-refractivity contribution in [1.29, 1.82) is 0 Å². The van der Waals surface area contributed by atoms with Gasteiger partial charge in [0.15, 0.2) is 11.5 Å². The van der Waals surface area contributed by atoms with Crippen LogP contribution in [0.5, 0.6) is 11.5 Å². The van der Waals surface area contributed by atoms with E-state index in [0.29, 0.717) is 42.3 Å². The summed E-state index contributed by atoms with van der Waals surface area (Å²) < 4.78 is 11.3. The van der Waals surface area contributed by atoms with E-state index in [9.17, 15) is 4.79 Å². The smallest absolute Gasteiger partial charge is 0.253 e. The second-order valence-electron chi connectivity index (χ2n) is 8.19. The summed E-state index contributed by atoms with van der Waals surface area (Å²) in [5.41, 5.74) is 11.3. The molecule has 0 bridgehead atoms. The monoisotopic (exact) mass is 466 g/mol. The molecule has 7 nitrogen and oxygen atoms in total. The van der Waals surface area contributed by atoms with Crippen molar-refractivity contribution >= 4 is 17.2 Å². The molecule has 2 aromatic carbocycles. The van der Waals surface area contributed by atoms with Gasteiger partial charge in [-0.1, -0.05) is 30.3 Å². The molecule has 1 saturated heterocycles. The normalized spacial score (nSPS) is 17.6. The van der Waals surface area contributed by atoms with E-state index in [1.54, 1.807) is 35.7 Å². The van der Waals surface area contributed by atoms with Crippen molar-refractivity contribution in [2.24, 2.45) is 0 Å². The van der Waals surface area contributed by atoms with E-state index in [1.807, 2.05) is 18.5 Å². The van der Waals surface area contributed by atoms with Crippen molar-refractivity contribution in [1.82, 2.24) is 20.7 Å². The quantitative estimate of drug-likeness (QED) is 0.467. The number of hydrogen-bond acceptors (Lipinski definition) is 7. The zero-order valence-corrected chi connectivity index (χ0v) is 19.8. The van der Waals surface area contributed by atoms with E-state index in [2.05, 4.69) is 40.1 Å². The van der Waals surface area contributed by atoms with Crippen LogP contribution in [0.1, 0.15) is 46.9 Å². The van der Waals surface area contributed by atoms with Crippen LogP contribution in [0.25, 0.3) is 0 Å². The van der Waals surface area contributed by atoms with E-state index in [4.69, 9.17) is 9.47 Å². The lowest BCUT2D eigenvalue weighted by Crippen LogP contribution is -2.32. The highest BCUT2D eigenvalue weighted by molar-refractivity contribution is 7.07. The fourth-order valence-electron chi connectivity index (χ4n) is 3.99. The number of aromatic nitrogens is 1. The van der Waals surface area contributed by atoms with Gasteiger partial charge < -0.3 is 14.4 Å². The molecular weight excluding hydrogens is 436 g/mol. The Labute approximate surface area is 198 Å². The molecule has 0 saturated carbocycles. The first-order valence-electron chi connectivity index (χ1n) is 11.1. The summed E-state index contributed by atoms with van der Waals surface area (Å²) in [6, 6.07) is 16.5. The Morgan fingerprint density at radius 2 is 2.03 bits per heavy atom. The fraction of sp³-hybridized carbons (Fsp3) is 0.360. The number of nitrogens with one attached hydrogen (secondary N) is 2. The van der Waals surface area contributed by atoms with Crippen molar-refractivity contribution in [3.63, 3.8) is 0 Å². The molecule has 2 unspecified atom stereocenters. The van der Waals surface area contributed by atoms with Gasteiger partial charge in [-0.25, -0.2) is 4.98 Å². The molecular formula is C25H30N4O3S. The Kier molecular flexibility index (Phi) is 7.93. The third-order valence-electron chi connectivity index (χ3n) is 5.85. The molecule has 8 heteroatoms. The molecule has 0 aliphatic carbocycles. The lowest BCUT2D eigenvalue weighted by Gasteiger charge is -2.19. The lowest BCUT2D eigenvalue weighted by molar-refractivity contribution is 0.0791. The first-order chi connectivity index (χ1) is 16.1. The maximum atomic E-state index is 12.9. The van der Waals surface area contributed by atoms with Gasteiger partial charge in [-0.15, -0.1) is 11.3 Å². The van der Waals surface area contributed by atoms with E-state index < -0.39 is 0 Å². The van der Waals surface area contributed by atoms with Gasteiger partial charge in [0.2, 0.25) is 0 Å². The maximum absolute atomic E-state index is 12.9. The van der Waals surface area contributed by atoms with Gasteiger partial charge in [0.05, 0.1) is 18.3 Å². The van der Waals surface area contributed by atoms with Crippen molar-refractivity contribution in [3.8, 4) is 11.5 Å². The number of benzene rings is 2. The number of ether oxygens (including phenoxy) is 2. The maximum Gasteiger partial charge on any atom is 0.253 e. The molecule has 3 aromatic rings. The Bertz CT molecular complexity index is 1030. The third-order valence-corrected chi connectivity index (χ3v) is 6.48. The van der Waals surface area contributed by atoms with Crippen LogP contribution in [0, 0.1) is 0 Å². The number of carbonyl (C=O) groups is 1. The number of methoxy groups -OCH3 is 1. The van der Waals surface area contributed by atoms with Gasteiger partial charge in [-0.2, -0.15) is 0 Å². The van der Waals surface area contributed by atoms with Crippen molar-refractivity contribution in [3.05, 3.63) is 76.2 Å². The molecule has 2 atom stereocenters. The van der Waals surface area contributed by atoms with E-state index in [-0.39, 0.29) is 5.91 Å². The molecule has 1 aromatic heterocycles. The van der Waals surface area contributed by atoms with Crippen LogP contribution in [0.15, 0.2) is 59.4 Å². The van der Waals surface area contributed by atoms with Gasteiger partial charge in [0.25, 0.3) is 5.91 Å². The number of nitrogens with zero attached hydrogens (tertiary/aromatic N) is 2. The molecule has 174 valence electrons. The predicted octanol–water partition coefficient (Wildman–Crippen LogP) is 4.19.